The van der Waals surface area contributed by atoms with Gasteiger partial charge in [-0.2, -0.15) is 0 Å². The molecule has 1 amide bonds. The van der Waals surface area contributed by atoms with Crippen LogP contribution in [0.5, 0.6) is 0 Å². The Morgan fingerprint density at radius 2 is 2.25 bits per heavy atom. The van der Waals surface area contributed by atoms with Gasteiger partial charge in [-0.05, 0) is 32.2 Å². The SMILES string of the molecule is CC1CCNC(C(=O)NC(C)CC(=O)O)C1. The Hall–Kier alpha value is -1.10. The molecule has 1 fully saturated rings. The van der Waals surface area contributed by atoms with Crippen LogP contribution in [0, 0.1) is 5.92 Å². The molecule has 5 heteroatoms. The first-order valence-electron chi connectivity index (χ1n) is 5.74. The third kappa shape index (κ3) is 4.18. The highest BCUT2D eigenvalue weighted by molar-refractivity contribution is 5.82. The molecule has 0 saturated carbocycles. The zero-order valence-corrected chi connectivity index (χ0v) is 9.82. The van der Waals surface area contributed by atoms with E-state index in [9.17, 15) is 9.59 Å². The van der Waals surface area contributed by atoms with Crippen molar-refractivity contribution in [2.45, 2.75) is 45.2 Å². The summed E-state index contributed by atoms with van der Waals surface area (Å²) in [6.45, 7) is 4.69. The van der Waals surface area contributed by atoms with E-state index in [2.05, 4.69) is 17.6 Å². The van der Waals surface area contributed by atoms with E-state index in [1.54, 1.807) is 6.92 Å². The maximum Gasteiger partial charge on any atom is 0.305 e. The van der Waals surface area contributed by atoms with Crippen molar-refractivity contribution >= 4 is 11.9 Å². The van der Waals surface area contributed by atoms with Crippen LogP contribution in [0.4, 0.5) is 0 Å². The van der Waals surface area contributed by atoms with Gasteiger partial charge in [0.25, 0.3) is 0 Å². The molecular weight excluding hydrogens is 208 g/mol. The number of aliphatic carboxylic acids is 1. The second-order valence-corrected chi connectivity index (χ2v) is 4.64. The standard InChI is InChI=1S/C11H20N2O3/c1-7-3-4-12-9(5-7)11(16)13-8(2)6-10(14)15/h7-9,12H,3-6H2,1-2H3,(H,13,16)(H,14,15). The monoisotopic (exact) mass is 228 g/mol. The Bertz CT molecular complexity index is 268. The van der Waals surface area contributed by atoms with E-state index in [0.29, 0.717) is 5.92 Å². The van der Waals surface area contributed by atoms with Gasteiger partial charge in [-0.25, -0.2) is 0 Å². The minimum absolute atomic E-state index is 0.0337. The second-order valence-electron chi connectivity index (χ2n) is 4.64. The van der Waals surface area contributed by atoms with Crippen molar-refractivity contribution in [3.63, 3.8) is 0 Å². The van der Waals surface area contributed by atoms with E-state index in [4.69, 9.17) is 5.11 Å². The number of hydrogen-bond acceptors (Lipinski definition) is 3. The molecule has 3 unspecified atom stereocenters. The summed E-state index contributed by atoms with van der Waals surface area (Å²) >= 11 is 0. The summed E-state index contributed by atoms with van der Waals surface area (Å²) in [6, 6.07) is -0.482. The van der Waals surface area contributed by atoms with Crippen molar-refractivity contribution in [1.82, 2.24) is 10.6 Å². The molecule has 16 heavy (non-hydrogen) atoms. The van der Waals surface area contributed by atoms with Crippen molar-refractivity contribution in [3.05, 3.63) is 0 Å². The molecule has 5 nitrogen and oxygen atoms in total. The fourth-order valence-electron chi connectivity index (χ4n) is 1.96. The normalized spacial score (nSPS) is 27.1. The Morgan fingerprint density at radius 3 is 2.81 bits per heavy atom. The van der Waals surface area contributed by atoms with Crippen molar-refractivity contribution in [2.24, 2.45) is 5.92 Å². The Morgan fingerprint density at radius 1 is 1.56 bits per heavy atom. The topological polar surface area (TPSA) is 78.4 Å². The van der Waals surface area contributed by atoms with Crippen molar-refractivity contribution in [2.75, 3.05) is 6.54 Å². The van der Waals surface area contributed by atoms with Gasteiger partial charge in [0.1, 0.15) is 0 Å². The minimum Gasteiger partial charge on any atom is -0.481 e. The smallest absolute Gasteiger partial charge is 0.305 e. The first-order valence-corrected chi connectivity index (χ1v) is 5.74. The number of nitrogens with one attached hydrogen (secondary N) is 2. The molecule has 0 radical (unpaired) electrons. The average Bonchev–Trinajstić information content (AvgIpc) is 2.16. The molecule has 1 rings (SSSR count). The molecule has 1 heterocycles. The van der Waals surface area contributed by atoms with Gasteiger partial charge in [0.2, 0.25) is 5.91 Å². The summed E-state index contributed by atoms with van der Waals surface area (Å²) in [6.07, 6.45) is 1.88. The van der Waals surface area contributed by atoms with Gasteiger partial charge >= 0.3 is 5.97 Å². The van der Waals surface area contributed by atoms with E-state index in [1.165, 1.54) is 0 Å². The average molecular weight is 228 g/mol. The lowest BCUT2D eigenvalue weighted by Crippen LogP contribution is -2.50. The van der Waals surface area contributed by atoms with E-state index in [-0.39, 0.29) is 24.4 Å². The Kier molecular flexibility index (Phi) is 4.73. The van der Waals surface area contributed by atoms with Gasteiger partial charge in [0.05, 0.1) is 12.5 Å². The van der Waals surface area contributed by atoms with E-state index >= 15 is 0 Å². The molecule has 92 valence electrons. The summed E-state index contributed by atoms with van der Waals surface area (Å²) in [5.74, 6) is -0.426. The first-order chi connectivity index (χ1) is 7.49. The van der Waals surface area contributed by atoms with Crippen molar-refractivity contribution in [3.8, 4) is 0 Å². The van der Waals surface area contributed by atoms with Crippen LogP contribution in [-0.4, -0.2) is 35.6 Å². The minimum atomic E-state index is -0.891. The molecule has 3 atom stereocenters. The lowest BCUT2D eigenvalue weighted by atomic mass is 9.94. The maximum absolute atomic E-state index is 11.8. The lowest BCUT2D eigenvalue weighted by molar-refractivity contribution is -0.137. The number of carbonyl (C=O) groups excluding carboxylic acids is 1. The fourth-order valence-corrected chi connectivity index (χ4v) is 1.96. The van der Waals surface area contributed by atoms with Crippen LogP contribution in [0.3, 0.4) is 0 Å². The van der Waals surface area contributed by atoms with Crippen LogP contribution in [0.15, 0.2) is 0 Å². The molecule has 0 aliphatic carbocycles. The lowest BCUT2D eigenvalue weighted by Gasteiger charge is -2.28. The van der Waals surface area contributed by atoms with Crippen molar-refractivity contribution in [1.29, 1.82) is 0 Å². The summed E-state index contributed by atoms with van der Waals surface area (Å²) in [5, 5.41) is 14.4. The summed E-state index contributed by atoms with van der Waals surface area (Å²) < 4.78 is 0. The van der Waals surface area contributed by atoms with E-state index < -0.39 is 5.97 Å². The predicted molar refractivity (Wildman–Crippen MR) is 60.0 cm³/mol. The zero-order chi connectivity index (χ0) is 12.1. The number of amides is 1. The van der Waals surface area contributed by atoms with Crippen LogP contribution in [0.2, 0.25) is 0 Å². The first kappa shape index (κ1) is 13.0. The summed E-state index contributed by atoms with van der Waals surface area (Å²) in [7, 11) is 0. The molecule has 1 aliphatic rings. The number of rotatable bonds is 4. The third-order valence-corrected chi connectivity index (χ3v) is 2.85. The summed E-state index contributed by atoms with van der Waals surface area (Å²) in [5.41, 5.74) is 0. The quantitative estimate of drug-likeness (QED) is 0.649. The van der Waals surface area contributed by atoms with Gasteiger partial charge in [-0.15, -0.1) is 0 Å². The highest BCUT2D eigenvalue weighted by Crippen LogP contribution is 2.15. The summed E-state index contributed by atoms with van der Waals surface area (Å²) in [4.78, 5) is 22.2. The van der Waals surface area contributed by atoms with Crippen LogP contribution in [0.1, 0.15) is 33.1 Å². The van der Waals surface area contributed by atoms with Gasteiger partial charge in [-0.3, -0.25) is 9.59 Å². The Labute approximate surface area is 95.6 Å². The second kappa shape index (κ2) is 5.84. The van der Waals surface area contributed by atoms with Crippen LogP contribution in [-0.2, 0) is 9.59 Å². The van der Waals surface area contributed by atoms with E-state index in [1.807, 2.05) is 0 Å². The predicted octanol–water partition coefficient (Wildman–Crippen LogP) is 0.354. The number of carboxylic acids is 1. The molecule has 3 N–H and O–H groups in total. The van der Waals surface area contributed by atoms with Crippen molar-refractivity contribution < 1.29 is 14.7 Å². The Balaban J connectivity index is 2.36. The molecule has 0 bridgehead atoms. The molecule has 0 aromatic rings. The number of hydrogen-bond donors (Lipinski definition) is 3. The zero-order valence-electron chi connectivity index (χ0n) is 9.82. The van der Waals surface area contributed by atoms with Crippen LogP contribution >= 0.6 is 0 Å². The molecular formula is C11H20N2O3. The maximum atomic E-state index is 11.8. The van der Waals surface area contributed by atoms with E-state index in [0.717, 1.165) is 19.4 Å². The van der Waals surface area contributed by atoms with Crippen LogP contribution < -0.4 is 10.6 Å². The molecule has 1 saturated heterocycles. The highest BCUT2D eigenvalue weighted by Gasteiger charge is 2.25. The van der Waals surface area contributed by atoms with Crippen LogP contribution in [0.25, 0.3) is 0 Å². The van der Waals surface area contributed by atoms with Gasteiger partial charge in [0, 0.05) is 6.04 Å². The highest BCUT2D eigenvalue weighted by atomic mass is 16.4. The van der Waals surface area contributed by atoms with Gasteiger partial charge in [-0.1, -0.05) is 6.92 Å². The largest absolute Gasteiger partial charge is 0.481 e. The fraction of sp³-hybridized carbons (Fsp3) is 0.818. The van der Waals surface area contributed by atoms with Gasteiger partial charge < -0.3 is 15.7 Å². The number of carboxylic acid groups (broad SMARTS) is 1. The van der Waals surface area contributed by atoms with Gasteiger partial charge in [0.15, 0.2) is 0 Å². The number of carbonyl (C=O) groups is 2. The molecule has 1 aliphatic heterocycles. The third-order valence-electron chi connectivity index (χ3n) is 2.85. The molecule has 0 aromatic carbocycles. The molecule has 0 spiro atoms. The number of piperidine rings is 1. The molecule has 0 aromatic heterocycles.